The minimum absolute atomic E-state index is 0.244. The van der Waals surface area contributed by atoms with Crippen LogP contribution in [0.15, 0.2) is 21.2 Å². The number of alkyl halides is 1. The van der Waals surface area contributed by atoms with Crippen LogP contribution in [0.3, 0.4) is 0 Å². The van der Waals surface area contributed by atoms with E-state index in [2.05, 4.69) is 42.2 Å². The van der Waals surface area contributed by atoms with Crippen LogP contribution in [0.4, 0.5) is 5.82 Å². The van der Waals surface area contributed by atoms with Crippen LogP contribution in [0.1, 0.15) is 19.8 Å². The molecular weight excluding hydrogens is 343 g/mol. The molecule has 1 rings (SSSR count). The molecule has 1 atom stereocenters. The van der Waals surface area contributed by atoms with Crippen molar-refractivity contribution in [1.29, 1.82) is 0 Å². The number of pyridine rings is 1. The second-order valence-electron chi connectivity index (χ2n) is 3.33. The summed E-state index contributed by atoms with van der Waals surface area (Å²) in [7, 11) is 0. The molecule has 0 saturated carbocycles. The maximum absolute atomic E-state index is 5.85. The quantitative estimate of drug-likeness (QED) is 0.624. The Kier molecular flexibility index (Phi) is 5.94. The topological polar surface area (TPSA) is 24.9 Å². The molecule has 1 N–H and O–H groups in total. The lowest BCUT2D eigenvalue weighted by Gasteiger charge is -2.08. The maximum Gasteiger partial charge on any atom is 0.140 e. The normalized spacial score (nSPS) is 12.5. The Balaban J connectivity index is 2.37. The molecule has 0 aromatic carbocycles. The van der Waals surface area contributed by atoms with Crippen molar-refractivity contribution in [3.05, 3.63) is 21.2 Å². The number of hydrogen-bond acceptors (Lipinski definition) is 2. The summed E-state index contributed by atoms with van der Waals surface area (Å²) in [6.45, 7) is 2.90. The highest BCUT2D eigenvalue weighted by molar-refractivity contribution is 9.11. The molecule has 0 saturated heterocycles. The van der Waals surface area contributed by atoms with Crippen molar-refractivity contribution < 1.29 is 0 Å². The van der Waals surface area contributed by atoms with Crippen LogP contribution in [0, 0.1) is 0 Å². The van der Waals surface area contributed by atoms with Crippen LogP contribution in [0.5, 0.6) is 0 Å². The Morgan fingerprint density at radius 3 is 2.87 bits per heavy atom. The van der Waals surface area contributed by atoms with E-state index in [-0.39, 0.29) is 5.38 Å². The molecule has 1 aromatic rings. The molecular formula is C10H13Br2ClN2. The van der Waals surface area contributed by atoms with Gasteiger partial charge in [0.15, 0.2) is 0 Å². The van der Waals surface area contributed by atoms with E-state index in [0.29, 0.717) is 0 Å². The first kappa shape index (κ1) is 13.3. The third-order valence-electron chi connectivity index (χ3n) is 1.88. The van der Waals surface area contributed by atoms with Gasteiger partial charge in [0, 0.05) is 22.6 Å². The van der Waals surface area contributed by atoms with Crippen LogP contribution in [-0.4, -0.2) is 16.9 Å². The van der Waals surface area contributed by atoms with E-state index in [1.54, 1.807) is 6.20 Å². The molecule has 0 radical (unpaired) electrons. The average Bonchev–Trinajstić information content (AvgIpc) is 2.14. The fourth-order valence-corrected chi connectivity index (χ4v) is 2.42. The molecule has 5 heteroatoms. The molecule has 0 bridgehead atoms. The Morgan fingerprint density at radius 1 is 1.53 bits per heavy atom. The summed E-state index contributed by atoms with van der Waals surface area (Å²) in [5.74, 6) is 0.875. The minimum Gasteiger partial charge on any atom is -0.369 e. The first-order valence-corrected chi connectivity index (χ1v) is 6.81. The van der Waals surface area contributed by atoms with Crippen LogP contribution >= 0.6 is 43.5 Å². The summed E-state index contributed by atoms with van der Waals surface area (Å²) in [6.07, 6.45) is 3.84. The van der Waals surface area contributed by atoms with E-state index in [4.69, 9.17) is 11.6 Å². The standard InChI is InChI=1S/C10H13Br2ClN2/c1-7(13)3-2-4-14-10-9(12)5-8(11)6-15-10/h5-7H,2-4H2,1H3,(H,14,15). The molecule has 0 aliphatic rings. The van der Waals surface area contributed by atoms with Gasteiger partial charge in [-0.05, 0) is 57.7 Å². The number of halogens is 3. The summed E-state index contributed by atoms with van der Waals surface area (Å²) < 4.78 is 1.94. The molecule has 0 amide bonds. The Labute approximate surface area is 112 Å². The van der Waals surface area contributed by atoms with Gasteiger partial charge in [-0.15, -0.1) is 11.6 Å². The third kappa shape index (κ3) is 5.18. The summed E-state index contributed by atoms with van der Waals surface area (Å²) in [6, 6.07) is 1.97. The van der Waals surface area contributed by atoms with E-state index in [1.165, 1.54) is 0 Å². The fraction of sp³-hybridized carbons (Fsp3) is 0.500. The first-order chi connectivity index (χ1) is 7.09. The summed E-state index contributed by atoms with van der Waals surface area (Å²) in [4.78, 5) is 4.26. The first-order valence-electron chi connectivity index (χ1n) is 4.78. The van der Waals surface area contributed by atoms with Crippen molar-refractivity contribution in [1.82, 2.24) is 4.98 Å². The smallest absolute Gasteiger partial charge is 0.140 e. The van der Waals surface area contributed by atoms with E-state index < -0.39 is 0 Å². The van der Waals surface area contributed by atoms with E-state index >= 15 is 0 Å². The van der Waals surface area contributed by atoms with Crippen molar-refractivity contribution in [2.45, 2.75) is 25.1 Å². The van der Waals surface area contributed by atoms with Gasteiger partial charge in [-0.3, -0.25) is 0 Å². The van der Waals surface area contributed by atoms with Crippen LogP contribution in [0.2, 0.25) is 0 Å². The monoisotopic (exact) mass is 354 g/mol. The number of aromatic nitrogens is 1. The Morgan fingerprint density at radius 2 is 2.27 bits per heavy atom. The lowest BCUT2D eigenvalue weighted by molar-refractivity contribution is 0.749. The van der Waals surface area contributed by atoms with Gasteiger partial charge in [0.1, 0.15) is 5.82 Å². The van der Waals surface area contributed by atoms with Crippen molar-refractivity contribution in [3.63, 3.8) is 0 Å². The fourth-order valence-electron chi connectivity index (χ4n) is 1.13. The highest BCUT2D eigenvalue weighted by atomic mass is 79.9. The predicted octanol–water partition coefficient (Wildman–Crippen LogP) is 4.43. The zero-order valence-electron chi connectivity index (χ0n) is 8.43. The molecule has 15 heavy (non-hydrogen) atoms. The Bertz CT molecular complexity index is 318. The van der Waals surface area contributed by atoms with Crippen molar-refractivity contribution in [3.8, 4) is 0 Å². The molecule has 1 unspecified atom stereocenters. The van der Waals surface area contributed by atoms with E-state index in [9.17, 15) is 0 Å². The largest absolute Gasteiger partial charge is 0.369 e. The van der Waals surface area contributed by atoms with Crippen molar-refractivity contribution >= 4 is 49.3 Å². The SMILES string of the molecule is CC(Cl)CCCNc1ncc(Br)cc1Br. The molecule has 0 aliphatic carbocycles. The number of nitrogens with zero attached hydrogens (tertiary/aromatic N) is 1. The zero-order valence-corrected chi connectivity index (χ0v) is 12.4. The van der Waals surface area contributed by atoms with Crippen LogP contribution < -0.4 is 5.32 Å². The van der Waals surface area contributed by atoms with E-state index in [1.807, 2.05) is 13.0 Å². The number of anilines is 1. The number of rotatable bonds is 5. The lowest BCUT2D eigenvalue weighted by atomic mass is 10.2. The van der Waals surface area contributed by atoms with Gasteiger partial charge < -0.3 is 5.32 Å². The second-order valence-corrected chi connectivity index (χ2v) is 5.85. The van der Waals surface area contributed by atoms with Gasteiger partial charge in [-0.2, -0.15) is 0 Å². The molecule has 0 fully saturated rings. The van der Waals surface area contributed by atoms with E-state index in [0.717, 1.165) is 34.1 Å². The molecule has 0 aliphatic heterocycles. The van der Waals surface area contributed by atoms with Gasteiger partial charge in [-0.1, -0.05) is 0 Å². The van der Waals surface area contributed by atoms with Crippen molar-refractivity contribution in [2.75, 3.05) is 11.9 Å². The molecule has 0 spiro atoms. The highest BCUT2D eigenvalue weighted by Crippen LogP contribution is 2.23. The molecule has 1 heterocycles. The minimum atomic E-state index is 0.244. The van der Waals surface area contributed by atoms with Gasteiger partial charge in [0.25, 0.3) is 0 Å². The summed E-state index contributed by atoms with van der Waals surface area (Å²) in [5, 5.41) is 3.50. The van der Waals surface area contributed by atoms with Gasteiger partial charge in [0.2, 0.25) is 0 Å². The number of hydrogen-bond donors (Lipinski definition) is 1. The second kappa shape index (κ2) is 6.71. The predicted molar refractivity (Wildman–Crippen MR) is 72.7 cm³/mol. The molecule has 1 aromatic heterocycles. The van der Waals surface area contributed by atoms with Gasteiger partial charge in [0.05, 0.1) is 4.47 Å². The third-order valence-corrected chi connectivity index (χ3v) is 3.14. The Hall–Kier alpha value is 0.200. The lowest BCUT2D eigenvalue weighted by Crippen LogP contribution is -2.05. The number of nitrogens with one attached hydrogen (secondary N) is 1. The van der Waals surface area contributed by atoms with Crippen molar-refractivity contribution in [2.24, 2.45) is 0 Å². The van der Waals surface area contributed by atoms with Gasteiger partial charge >= 0.3 is 0 Å². The molecule has 2 nitrogen and oxygen atoms in total. The zero-order chi connectivity index (χ0) is 11.3. The van der Waals surface area contributed by atoms with Crippen LogP contribution in [0.25, 0.3) is 0 Å². The summed E-state index contributed by atoms with van der Waals surface area (Å²) in [5.41, 5.74) is 0. The highest BCUT2D eigenvalue weighted by Gasteiger charge is 2.01. The summed E-state index contributed by atoms with van der Waals surface area (Å²) >= 11 is 12.7. The maximum atomic E-state index is 5.85. The van der Waals surface area contributed by atoms with Crippen LogP contribution in [-0.2, 0) is 0 Å². The molecule has 84 valence electrons. The average molecular weight is 356 g/mol. The van der Waals surface area contributed by atoms with Gasteiger partial charge in [-0.25, -0.2) is 4.98 Å².